The van der Waals surface area contributed by atoms with Crippen LogP contribution in [-0.2, 0) is 11.3 Å². The second kappa shape index (κ2) is 6.54. The van der Waals surface area contributed by atoms with Gasteiger partial charge in [0, 0.05) is 12.1 Å². The van der Waals surface area contributed by atoms with Gasteiger partial charge < -0.3 is 9.26 Å². The van der Waals surface area contributed by atoms with Crippen LogP contribution in [0.4, 0.5) is 0 Å². The Morgan fingerprint density at radius 3 is 2.84 bits per heavy atom. The van der Waals surface area contributed by atoms with E-state index < -0.39 is 0 Å². The fourth-order valence-corrected chi connectivity index (χ4v) is 4.59. The standard InChI is InChI=1S/C20H25N3O2/c1-2-9-23(10-3-1)13-14-5-4-6-15(11-14)19-21-20(25-22-19)17-12-16-7-8-18(17)24-16/h4-6,11,16-18H,1-3,7-10,12-13H2/t16-,17-,18-/m1/s1. The lowest BCUT2D eigenvalue weighted by Crippen LogP contribution is -2.29. The molecule has 3 aliphatic rings. The minimum atomic E-state index is 0.281. The average molecular weight is 339 g/mol. The van der Waals surface area contributed by atoms with Gasteiger partial charge in [0.15, 0.2) is 0 Å². The molecule has 2 bridgehead atoms. The van der Waals surface area contributed by atoms with Gasteiger partial charge in [-0.05, 0) is 56.8 Å². The number of benzene rings is 1. The van der Waals surface area contributed by atoms with E-state index in [1.54, 1.807) is 0 Å². The predicted molar refractivity (Wildman–Crippen MR) is 94.1 cm³/mol. The van der Waals surface area contributed by atoms with Crippen molar-refractivity contribution >= 4 is 0 Å². The van der Waals surface area contributed by atoms with Crippen LogP contribution in [0.15, 0.2) is 28.8 Å². The van der Waals surface area contributed by atoms with Crippen LogP contribution in [0.1, 0.15) is 55.9 Å². The van der Waals surface area contributed by atoms with E-state index in [1.165, 1.54) is 44.3 Å². The Bertz CT molecular complexity index is 738. The van der Waals surface area contributed by atoms with E-state index in [4.69, 9.17) is 14.2 Å². The maximum Gasteiger partial charge on any atom is 0.232 e. The van der Waals surface area contributed by atoms with Crippen molar-refractivity contribution in [3.8, 4) is 11.4 Å². The number of likely N-dealkylation sites (tertiary alicyclic amines) is 1. The summed E-state index contributed by atoms with van der Waals surface area (Å²) in [5.41, 5.74) is 2.38. The zero-order valence-electron chi connectivity index (χ0n) is 14.6. The molecule has 3 fully saturated rings. The first-order chi connectivity index (χ1) is 12.3. The summed E-state index contributed by atoms with van der Waals surface area (Å²) in [5, 5.41) is 4.25. The van der Waals surface area contributed by atoms with E-state index in [-0.39, 0.29) is 12.0 Å². The minimum Gasteiger partial charge on any atom is -0.374 e. The van der Waals surface area contributed by atoms with Crippen molar-refractivity contribution in [3.05, 3.63) is 35.7 Å². The number of rotatable bonds is 4. The van der Waals surface area contributed by atoms with Crippen LogP contribution in [0.2, 0.25) is 0 Å². The van der Waals surface area contributed by atoms with Crippen molar-refractivity contribution in [1.29, 1.82) is 0 Å². The van der Waals surface area contributed by atoms with Crippen molar-refractivity contribution in [2.24, 2.45) is 0 Å². The summed E-state index contributed by atoms with van der Waals surface area (Å²) >= 11 is 0. The highest BCUT2D eigenvalue weighted by Crippen LogP contribution is 2.44. The lowest BCUT2D eigenvalue weighted by Gasteiger charge is -2.26. The second-order valence-corrected chi connectivity index (χ2v) is 7.71. The molecule has 0 aliphatic carbocycles. The Hall–Kier alpha value is -1.72. The molecular weight excluding hydrogens is 314 g/mol. The maximum atomic E-state index is 5.92. The molecule has 3 atom stereocenters. The molecule has 4 heterocycles. The molecule has 5 rings (SSSR count). The van der Waals surface area contributed by atoms with E-state index >= 15 is 0 Å². The quantitative estimate of drug-likeness (QED) is 0.849. The molecule has 3 saturated heterocycles. The highest BCUT2D eigenvalue weighted by Gasteiger charge is 2.44. The van der Waals surface area contributed by atoms with E-state index in [1.807, 2.05) is 0 Å². The number of hydrogen-bond acceptors (Lipinski definition) is 5. The van der Waals surface area contributed by atoms with Crippen LogP contribution in [0.5, 0.6) is 0 Å². The van der Waals surface area contributed by atoms with Gasteiger partial charge >= 0.3 is 0 Å². The lowest BCUT2D eigenvalue weighted by atomic mass is 9.89. The average Bonchev–Trinajstić information content (AvgIpc) is 3.39. The summed E-state index contributed by atoms with van der Waals surface area (Å²) in [4.78, 5) is 7.24. The van der Waals surface area contributed by atoms with Crippen LogP contribution in [-0.4, -0.2) is 40.3 Å². The summed E-state index contributed by atoms with van der Waals surface area (Å²) in [7, 11) is 0. The molecule has 25 heavy (non-hydrogen) atoms. The minimum absolute atomic E-state index is 0.281. The fourth-order valence-electron chi connectivity index (χ4n) is 4.59. The van der Waals surface area contributed by atoms with E-state index in [0.29, 0.717) is 11.9 Å². The monoisotopic (exact) mass is 339 g/mol. The van der Waals surface area contributed by atoms with Gasteiger partial charge in [-0.15, -0.1) is 0 Å². The van der Waals surface area contributed by atoms with Gasteiger partial charge in [0.2, 0.25) is 11.7 Å². The molecule has 0 amide bonds. The van der Waals surface area contributed by atoms with Gasteiger partial charge in [-0.3, -0.25) is 4.90 Å². The molecule has 0 radical (unpaired) electrons. The normalized spacial score (nSPS) is 29.4. The molecule has 5 nitrogen and oxygen atoms in total. The molecule has 0 unspecified atom stereocenters. The summed E-state index contributed by atoms with van der Waals surface area (Å²) in [6, 6.07) is 8.58. The Labute approximate surface area is 148 Å². The van der Waals surface area contributed by atoms with E-state index in [2.05, 4.69) is 34.3 Å². The fraction of sp³-hybridized carbons (Fsp3) is 0.600. The largest absolute Gasteiger partial charge is 0.374 e. The smallest absolute Gasteiger partial charge is 0.232 e. The topological polar surface area (TPSA) is 51.4 Å². The zero-order valence-corrected chi connectivity index (χ0v) is 14.6. The van der Waals surface area contributed by atoms with Crippen LogP contribution >= 0.6 is 0 Å². The molecule has 132 valence electrons. The first kappa shape index (κ1) is 15.5. The van der Waals surface area contributed by atoms with Crippen molar-refractivity contribution < 1.29 is 9.26 Å². The SMILES string of the molecule is c1cc(CN2CCCCC2)cc(-c2noc([C@@H]3C[C@H]4CC[C@H]3O4)n2)c1. The third kappa shape index (κ3) is 3.11. The highest BCUT2D eigenvalue weighted by molar-refractivity contribution is 5.55. The zero-order chi connectivity index (χ0) is 16.6. The van der Waals surface area contributed by atoms with Crippen molar-refractivity contribution in [3.63, 3.8) is 0 Å². The number of fused-ring (bicyclic) bond motifs is 2. The summed E-state index contributed by atoms with van der Waals surface area (Å²) in [5.74, 6) is 1.75. The summed E-state index contributed by atoms with van der Waals surface area (Å²) in [6.45, 7) is 3.43. The third-order valence-corrected chi connectivity index (χ3v) is 5.90. The van der Waals surface area contributed by atoms with Crippen molar-refractivity contribution in [1.82, 2.24) is 15.0 Å². The van der Waals surface area contributed by atoms with Crippen LogP contribution < -0.4 is 0 Å². The molecule has 5 heteroatoms. The highest BCUT2D eigenvalue weighted by atomic mass is 16.5. The number of piperidine rings is 1. The van der Waals surface area contributed by atoms with Gasteiger partial charge in [-0.2, -0.15) is 4.98 Å². The number of nitrogens with zero attached hydrogens (tertiary/aromatic N) is 3. The van der Waals surface area contributed by atoms with Gasteiger partial charge in [0.25, 0.3) is 0 Å². The third-order valence-electron chi connectivity index (χ3n) is 5.90. The van der Waals surface area contributed by atoms with Crippen LogP contribution in [0.25, 0.3) is 11.4 Å². The number of ether oxygens (including phenoxy) is 1. The lowest BCUT2D eigenvalue weighted by molar-refractivity contribution is 0.0974. The Kier molecular flexibility index (Phi) is 4.06. The molecular formula is C20H25N3O2. The molecule has 1 aromatic heterocycles. The second-order valence-electron chi connectivity index (χ2n) is 7.71. The maximum absolute atomic E-state index is 5.92. The number of hydrogen-bond donors (Lipinski definition) is 0. The predicted octanol–water partition coefficient (Wildman–Crippen LogP) is 3.76. The molecule has 3 aliphatic heterocycles. The first-order valence-corrected chi connectivity index (χ1v) is 9.66. The Morgan fingerprint density at radius 2 is 2.04 bits per heavy atom. The molecule has 0 spiro atoms. The first-order valence-electron chi connectivity index (χ1n) is 9.66. The number of aromatic nitrogens is 2. The summed E-state index contributed by atoms with van der Waals surface area (Å²) in [6.07, 6.45) is 8.02. The summed E-state index contributed by atoms with van der Waals surface area (Å²) < 4.78 is 11.5. The van der Waals surface area contributed by atoms with Crippen LogP contribution in [0.3, 0.4) is 0 Å². The van der Waals surface area contributed by atoms with E-state index in [0.717, 1.165) is 30.8 Å². The Morgan fingerprint density at radius 1 is 1.12 bits per heavy atom. The van der Waals surface area contributed by atoms with Gasteiger partial charge in [-0.1, -0.05) is 29.8 Å². The molecule has 1 aromatic carbocycles. The molecule has 2 aromatic rings. The van der Waals surface area contributed by atoms with E-state index in [9.17, 15) is 0 Å². The molecule has 0 N–H and O–H groups in total. The molecule has 0 saturated carbocycles. The van der Waals surface area contributed by atoms with Crippen molar-refractivity contribution in [2.75, 3.05) is 13.1 Å². The van der Waals surface area contributed by atoms with Gasteiger partial charge in [0.05, 0.1) is 18.1 Å². The van der Waals surface area contributed by atoms with Crippen molar-refractivity contribution in [2.45, 2.75) is 63.2 Å². The Balaban J connectivity index is 1.32. The van der Waals surface area contributed by atoms with Crippen LogP contribution in [0, 0.1) is 0 Å². The van der Waals surface area contributed by atoms with Gasteiger partial charge in [-0.25, -0.2) is 0 Å². The van der Waals surface area contributed by atoms with Gasteiger partial charge in [0.1, 0.15) is 0 Å².